The van der Waals surface area contributed by atoms with Gasteiger partial charge in [-0.25, -0.2) is 0 Å². The molecule has 1 aromatic carbocycles. The zero-order valence-corrected chi connectivity index (χ0v) is 30.6. The Kier molecular flexibility index (Phi) is 17.9. The fraction of sp³-hybridized carbons (Fsp3) is 0.703. The normalized spacial score (nSPS) is 26.7. The molecule has 1 aromatic heterocycles. The number of aliphatic hydroxyl groups is 1. The molecule has 0 radical (unpaired) electrons. The van der Waals surface area contributed by atoms with E-state index in [1.807, 2.05) is 24.4 Å². The van der Waals surface area contributed by atoms with Gasteiger partial charge < -0.3 is 40.3 Å². The number of nitrogens with zero attached hydrogens (tertiary/aromatic N) is 1. The van der Waals surface area contributed by atoms with E-state index >= 15 is 0 Å². The van der Waals surface area contributed by atoms with Gasteiger partial charge in [0.05, 0.1) is 6.10 Å². The van der Waals surface area contributed by atoms with Crippen molar-refractivity contribution in [2.75, 3.05) is 13.1 Å². The summed E-state index contributed by atoms with van der Waals surface area (Å²) in [5.41, 5.74) is 4.16. The minimum absolute atomic E-state index is 0. The van der Waals surface area contributed by atoms with Crippen LogP contribution in [0, 0.1) is 23.2 Å². The maximum atomic E-state index is 11.5. The maximum Gasteiger partial charge on any atom is 2.00 e. The molecule has 0 amide bonds. The summed E-state index contributed by atoms with van der Waals surface area (Å²) in [6, 6.07) is 12.2. The smallest absolute Gasteiger partial charge is 1.00 e. The van der Waals surface area contributed by atoms with Gasteiger partial charge >= 0.3 is 21.1 Å². The van der Waals surface area contributed by atoms with E-state index in [1.54, 1.807) is 0 Å². The molecule has 0 saturated heterocycles. The van der Waals surface area contributed by atoms with Gasteiger partial charge in [-0.1, -0.05) is 70.4 Å². The molecule has 2 fully saturated rings. The first-order valence-corrected chi connectivity index (χ1v) is 17.2. The van der Waals surface area contributed by atoms with Gasteiger partial charge in [0.15, 0.2) is 0 Å². The minimum Gasteiger partial charge on any atom is -1.00 e. The zero-order valence-electron chi connectivity index (χ0n) is 26.8. The van der Waals surface area contributed by atoms with Crippen LogP contribution in [0.25, 0.3) is 0 Å². The molecule has 6 atom stereocenters. The Bertz CT molecular complexity index is 1080. The van der Waals surface area contributed by atoms with Crippen LogP contribution < -0.4 is 30.1 Å². The molecule has 2 saturated carbocycles. The van der Waals surface area contributed by atoms with Crippen LogP contribution in [0.5, 0.6) is 5.75 Å². The Morgan fingerprint density at radius 3 is 2.32 bits per heavy atom. The van der Waals surface area contributed by atoms with Crippen LogP contribution in [-0.2, 0) is 33.9 Å². The maximum absolute atomic E-state index is 11.5. The molecule has 4 unspecified atom stereocenters. The number of hydrogen-bond donors (Lipinski definition) is 3. The molecule has 5 rings (SSSR count). The van der Waals surface area contributed by atoms with Gasteiger partial charge in [0.25, 0.3) is 0 Å². The standard InChI is InChI=1S/C37H56N2O2.2ClH.Pt/c1-37-22-21-33-32-20-18-31(40)26-28(32)17-19-34(33)35(37)27-29(36(37)41)14-9-7-5-3-2-4-6-8-11-23-38-24-13-16-30-15-10-12-25-39-30;;;/h10,12,15,18,20,25-26,29,33-36,38,40-41H,2-9,11,13-14,16-17,19,21-24,27H2,1H3;2*1H;/q;;;+2/p-2/t29?,33?,34?,35?,36-,37-;;;/m0.../s1. The molecule has 7 heteroatoms. The van der Waals surface area contributed by atoms with Crippen molar-refractivity contribution in [3.8, 4) is 5.75 Å². The first kappa shape index (κ1) is 39.5. The van der Waals surface area contributed by atoms with Crippen LogP contribution in [0.1, 0.15) is 126 Å². The topological polar surface area (TPSA) is 65.4 Å². The van der Waals surface area contributed by atoms with Crippen molar-refractivity contribution in [1.29, 1.82) is 0 Å². The van der Waals surface area contributed by atoms with E-state index in [4.69, 9.17) is 0 Å². The Morgan fingerprint density at radius 2 is 1.59 bits per heavy atom. The SMILES string of the molecule is C[C@]12CCC3c4ccc(O)cc4CCC3C1CC(CCCCCCCCCCCNCCCc1ccccn1)[C@@H]2O.[Cl-].[Cl-].[Pt+2]. The first-order chi connectivity index (χ1) is 20.1. The van der Waals surface area contributed by atoms with Gasteiger partial charge in [-0.15, -0.1) is 0 Å². The van der Waals surface area contributed by atoms with Crippen LogP contribution in [0.15, 0.2) is 42.6 Å². The van der Waals surface area contributed by atoms with Crippen LogP contribution in [0.2, 0.25) is 0 Å². The Labute approximate surface area is 294 Å². The number of pyridine rings is 1. The number of phenols is 1. The largest absolute Gasteiger partial charge is 2.00 e. The molecule has 4 nitrogen and oxygen atoms in total. The van der Waals surface area contributed by atoms with Gasteiger partial charge in [0.2, 0.25) is 0 Å². The van der Waals surface area contributed by atoms with E-state index in [0.29, 0.717) is 29.4 Å². The summed E-state index contributed by atoms with van der Waals surface area (Å²) in [7, 11) is 0. The van der Waals surface area contributed by atoms with E-state index < -0.39 is 0 Å². The number of aliphatic hydroxyl groups excluding tert-OH is 1. The van der Waals surface area contributed by atoms with Gasteiger partial charge in [-0.3, -0.25) is 4.98 Å². The van der Waals surface area contributed by atoms with Crippen LogP contribution in [-0.4, -0.2) is 34.4 Å². The van der Waals surface area contributed by atoms with E-state index in [-0.39, 0.29) is 57.4 Å². The predicted molar refractivity (Wildman–Crippen MR) is 169 cm³/mol. The van der Waals surface area contributed by atoms with Crippen LogP contribution >= 0.6 is 0 Å². The van der Waals surface area contributed by atoms with Gasteiger partial charge in [-0.05, 0) is 135 Å². The zero-order chi connectivity index (χ0) is 28.5. The molecule has 0 spiro atoms. The van der Waals surface area contributed by atoms with Crippen molar-refractivity contribution < 1.29 is 56.1 Å². The minimum atomic E-state index is -0.120. The summed E-state index contributed by atoms with van der Waals surface area (Å²) < 4.78 is 0. The number of fused-ring (bicyclic) bond motifs is 5. The molecule has 250 valence electrons. The van der Waals surface area contributed by atoms with E-state index in [0.717, 1.165) is 32.4 Å². The molecule has 0 aliphatic heterocycles. The molecule has 2 aromatic rings. The Morgan fingerprint density at radius 1 is 0.886 bits per heavy atom. The fourth-order valence-electron chi connectivity index (χ4n) is 8.96. The number of hydrogen-bond acceptors (Lipinski definition) is 4. The number of halogens is 2. The fourth-order valence-corrected chi connectivity index (χ4v) is 8.96. The second kappa shape index (κ2) is 19.9. The van der Waals surface area contributed by atoms with E-state index in [1.165, 1.54) is 107 Å². The summed E-state index contributed by atoms with van der Waals surface area (Å²) in [5, 5.41) is 25.0. The average Bonchev–Trinajstić information content (AvgIpc) is 3.25. The Balaban J connectivity index is 0.00000225. The number of unbranched alkanes of at least 4 members (excludes halogenated alkanes) is 8. The Hall–Kier alpha value is -0.642. The second-order valence-corrected chi connectivity index (χ2v) is 13.9. The second-order valence-electron chi connectivity index (χ2n) is 13.9. The van der Waals surface area contributed by atoms with E-state index in [2.05, 4.69) is 35.4 Å². The summed E-state index contributed by atoms with van der Waals surface area (Å²) in [5.74, 6) is 2.89. The number of benzene rings is 1. The molecular weight excluding hydrogens is 770 g/mol. The summed E-state index contributed by atoms with van der Waals surface area (Å²) in [6.45, 7) is 4.65. The third-order valence-corrected chi connectivity index (χ3v) is 11.3. The van der Waals surface area contributed by atoms with Crippen molar-refractivity contribution in [3.05, 3.63) is 59.4 Å². The number of rotatable bonds is 16. The van der Waals surface area contributed by atoms with Gasteiger partial charge in [-0.2, -0.15) is 0 Å². The number of phenolic OH excluding ortho intramolecular Hbond substituents is 1. The van der Waals surface area contributed by atoms with Crippen molar-refractivity contribution in [2.45, 2.75) is 128 Å². The van der Waals surface area contributed by atoms with E-state index in [9.17, 15) is 10.2 Å². The summed E-state index contributed by atoms with van der Waals surface area (Å²) in [6.07, 6.45) is 23.2. The molecular formula is C37H56Cl2N2O2Pt. The van der Waals surface area contributed by atoms with Crippen molar-refractivity contribution in [2.24, 2.45) is 23.2 Å². The molecule has 3 aliphatic carbocycles. The predicted octanol–water partition coefficient (Wildman–Crippen LogP) is 2.36. The number of aryl methyl sites for hydroxylation is 2. The average molecular weight is 827 g/mol. The third-order valence-electron chi connectivity index (χ3n) is 11.3. The molecule has 3 N–H and O–H groups in total. The summed E-state index contributed by atoms with van der Waals surface area (Å²) >= 11 is 0. The van der Waals surface area contributed by atoms with Crippen molar-refractivity contribution in [3.63, 3.8) is 0 Å². The monoisotopic (exact) mass is 825 g/mol. The quantitative estimate of drug-likeness (QED) is 0.228. The molecule has 3 aliphatic rings. The van der Waals surface area contributed by atoms with Crippen LogP contribution in [0.3, 0.4) is 0 Å². The molecule has 0 bridgehead atoms. The summed E-state index contributed by atoms with van der Waals surface area (Å²) in [4.78, 5) is 4.39. The number of nitrogens with one attached hydrogen (secondary N) is 1. The number of aromatic hydroxyl groups is 1. The van der Waals surface area contributed by atoms with Gasteiger partial charge in [0, 0.05) is 11.9 Å². The molecule has 1 heterocycles. The number of aromatic nitrogens is 1. The molecule has 44 heavy (non-hydrogen) atoms. The van der Waals surface area contributed by atoms with Crippen LogP contribution in [0.4, 0.5) is 0 Å². The third kappa shape index (κ3) is 10.2. The van der Waals surface area contributed by atoms with Gasteiger partial charge in [0.1, 0.15) is 5.75 Å². The van der Waals surface area contributed by atoms with Crippen molar-refractivity contribution in [1.82, 2.24) is 10.3 Å². The first-order valence-electron chi connectivity index (χ1n) is 17.2. The van der Waals surface area contributed by atoms with Crippen molar-refractivity contribution >= 4 is 0 Å².